The SMILES string of the molecule is O=C(Cl)c1ccc(C(=O)OC(=O)c2ccc(C(=O)Cl)cc2)cc1. The summed E-state index contributed by atoms with van der Waals surface area (Å²) in [6, 6.07) is 10.7. The van der Waals surface area contributed by atoms with Crippen LogP contribution in [0.1, 0.15) is 41.4 Å². The topological polar surface area (TPSA) is 77.5 Å². The van der Waals surface area contributed by atoms with Crippen LogP contribution in [-0.2, 0) is 4.74 Å². The normalized spacial score (nSPS) is 10.0. The Morgan fingerprint density at radius 2 is 0.826 bits per heavy atom. The summed E-state index contributed by atoms with van der Waals surface area (Å²) in [5.74, 6) is -1.75. The molecule has 0 aliphatic heterocycles. The largest absolute Gasteiger partial charge is 0.386 e. The first-order chi connectivity index (χ1) is 10.9. The fraction of sp³-hybridized carbons (Fsp3) is 0. The lowest BCUT2D eigenvalue weighted by Crippen LogP contribution is -2.13. The van der Waals surface area contributed by atoms with Crippen molar-refractivity contribution in [2.75, 3.05) is 0 Å². The molecule has 0 aliphatic rings. The van der Waals surface area contributed by atoms with E-state index < -0.39 is 22.4 Å². The van der Waals surface area contributed by atoms with Crippen LogP contribution in [0.15, 0.2) is 48.5 Å². The molecule has 0 saturated heterocycles. The highest BCUT2D eigenvalue weighted by molar-refractivity contribution is 6.68. The van der Waals surface area contributed by atoms with Gasteiger partial charge in [0, 0.05) is 11.1 Å². The third-order valence-corrected chi connectivity index (χ3v) is 3.32. The summed E-state index contributed by atoms with van der Waals surface area (Å²) in [7, 11) is 0. The maximum absolute atomic E-state index is 11.8. The number of hydrogen-bond acceptors (Lipinski definition) is 5. The van der Waals surface area contributed by atoms with Crippen LogP contribution in [0.2, 0.25) is 0 Å². The van der Waals surface area contributed by atoms with Gasteiger partial charge in [-0.1, -0.05) is 0 Å². The van der Waals surface area contributed by atoms with Gasteiger partial charge in [-0.2, -0.15) is 0 Å². The smallest absolute Gasteiger partial charge is 0.346 e. The van der Waals surface area contributed by atoms with Gasteiger partial charge in [0.2, 0.25) is 0 Å². The highest BCUT2D eigenvalue weighted by Gasteiger charge is 2.16. The third-order valence-electron chi connectivity index (χ3n) is 2.88. The summed E-state index contributed by atoms with van der Waals surface area (Å²) in [6.45, 7) is 0. The van der Waals surface area contributed by atoms with Crippen LogP contribution in [0, 0.1) is 0 Å². The summed E-state index contributed by atoms with van der Waals surface area (Å²) < 4.78 is 4.71. The van der Waals surface area contributed by atoms with E-state index in [-0.39, 0.29) is 22.3 Å². The minimum Gasteiger partial charge on any atom is -0.386 e. The second kappa shape index (κ2) is 7.17. The van der Waals surface area contributed by atoms with E-state index in [4.69, 9.17) is 27.9 Å². The average Bonchev–Trinajstić information content (AvgIpc) is 2.54. The van der Waals surface area contributed by atoms with Crippen molar-refractivity contribution in [1.82, 2.24) is 0 Å². The lowest BCUT2D eigenvalue weighted by atomic mass is 10.1. The highest BCUT2D eigenvalue weighted by atomic mass is 35.5. The number of carbonyl (C=O) groups is 4. The van der Waals surface area contributed by atoms with Crippen LogP contribution in [0.25, 0.3) is 0 Å². The maximum atomic E-state index is 11.8. The van der Waals surface area contributed by atoms with Gasteiger partial charge in [0.1, 0.15) is 0 Å². The summed E-state index contributed by atoms with van der Waals surface area (Å²) in [4.78, 5) is 45.6. The van der Waals surface area contributed by atoms with Crippen molar-refractivity contribution in [3.8, 4) is 0 Å². The van der Waals surface area contributed by atoms with Gasteiger partial charge in [0.15, 0.2) is 0 Å². The van der Waals surface area contributed by atoms with Crippen LogP contribution in [0.5, 0.6) is 0 Å². The molecule has 2 aromatic carbocycles. The Bertz CT molecular complexity index is 712. The molecular formula is C16H8Cl2O5. The Kier molecular flexibility index (Phi) is 5.26. The first kappa shape index (κ1) is 16.9. The van der Waals surface area contributed by atoms with Gasteiger partial charge in [0.05, 0.1) is 11.1 Å². The van der Waals surface area contributed by atoms with E-state index in [2.05, 4.69) is 0 Å². The Balaban J connectivity index is 2.08. The summed E-state index contributed by atoms with van der Waals surface area (Å²) >= 11 is 10.6. The fourth-order valence-electron chi connectivity index (χ4n) is 1.68. The zero-order chi connectivity index (χ0) is 17.0. The minimum atomic E-state index is -0.874. The molecule has 5 nitrogen and oxygen atoms in total. The predicted molar refractivity (Wildman–Crippen MR) is 83.0 cm³/mol. The molecule has 116 valence electrons. The lowest BCUT2D eigenvalue weighted by molar-refractivity contribution is 0.0397. The number of esters is 2. The van der Waals surface area contributed by atoms with Crippen LogP contribution in [0.3, 0.4) is 0 Å². The van der Waals surface area contributed by atoms with Gasteiger partial charge in [-0.25, -0.2) is 9.59 Å². The molecule has 0 amide bonds. The van der Waals surface area contributed by atoms with Gasteiger partial charge in [-0.15, -0.1) is 0 Å². The van der Waals surface area contributed by atoms with Gasteiger partial charge in [0.25, 0.3) is 10.5 Å². The second-order valence-electron chi connectivity index (χ2n) is 4.38. The summed E-state index contributed by atoms with van der Waals surface area (Å²) in [6.07, 6.45) is 0. The zero-order valence-electron chi connectivity index (χ0n) is 11.4. The molecule has 0 atom stereocenters. The third kappa shape index (κ3) is 4.25. The van der Waals surface area contributed by atoms with Crippen molar-refractivity contribution in [3.05, 3.63) is 70.8 Å². The van der Waals surface area contributed by atoms with E-state index in [1.54, 1.807) is 0 Å². The molecule has 0 aromatic heterocycles. The number of halogens is 2. The number of benzene rings is 2. The monoisotopic (exact) mass is 350 g/mol. The van der Waals surface area contributed by atoms with Crippen LogP contribution in [-0.4, -0.2) is 22.4 Å². The molecule has 0 N–H and O–H groups in total. The molecular weight excluding hydrogens is 343 g/mol. The van der Waals surface area contributed by atoms with Crippen molar-refractivity contribution in [2.24, 2.45) is 0 Å². The van der Waals surface area contributed by atoms with Crippen molar-refractivity contribution in [1.29, 1.82) is 0 Å². The number of ether oxygens (including phenoxy) is 1. The first-order valence-corrected chi connectivity index (χ1v) is 7.00. The van der Waals surface area contributed by atoms with Crippen LogP contribution in [0.4, 0.5) is 0 Å². The molecule has 2 rings (SSSR count). The lowest BCUT2D eigenvalue weighted by Gasteiger charge is -2.04. The zero-order valence-corrected chi connectivity index (χ0v) is 12.9. The predicted octanol–water partition coefficient (Wildman–Crippen LogP) is 3.44. The van der Waals surface area contributed by atoms with E-state index in [0.717, 1.165) is 0 Å². The van der Waals surface area contributed by atoms with Gasteiger partial charge in [-0.3, -0.25) is 9.59 Å². The second-order valence-corrected chi connectivity index (χ2v) is 5.07. The summed E-state index contributed by atoms with van der Waals surface area (Å²) in [5, 5.41) is -1.31. The van der Waals surface area contributed by atoms with Gasteiger partial charge < -0.3 is 4.74 Å². The van der Waals surface area contributed by atoms with Gasteiger partial charge >= 0.3 is 11.9 Å². The molecule has 0 saturated carbocycles. The number of rotatable bonds is 4. The first-order valence-electron chi connectivity index (χ1n) is 6.25. The van der Waals surface area contributed by atoms with E-state index in [1.165, 1.54) is 48.5 Å². The Morgan fingerprint density at radius 3 is 1.09 bits per heavy atom. The Labute approximate surface area is 140 Å². The van der Waals surface area contributed by atoms with E-state index in [0.29, 0.717) is 0 Å². The quantitative estimate of drug-likeness (QED) is 0.479. The summed E-state index contributed by atoms with van der Waals surface area (Å²) in [5.41, 5.74) is 0.617. The number of hydrogen-bond donors (Lipinski definition) is 0. The van der Waals surface area contributed by atoms with Crippen molar-refractivity contribution >= 4 is 45.6 Å². The fourth-order valence-corrected chi connectivity index (χ4v) is 1.93. The molecule has 0 heterocycles. The van der Waals surface area contributed by atoms with Crippen LogP contribution < -0.4 is 0 Å². The Hall–Kier alpha value is -2.50. The molecule has 2 aromatic rings. The molecule has 0 aliphatic carbocycles. The van der Waals surface area contributed by atoms with Gasteiger partial charge in [-0.05, 0) is 71.7 Å². The minimum absolute atomic E-state index is 0.0903. The molecule has 0 spiro atoms. The average molecular weight is 351 g/mol. The van der Waals surface area contributed by atoms with E-state index in [1.807, 2.05) is 0 Å². The number of carbonyl (C=O) groups excluding carboxylic acids is 4. The molecule has 0 fully saturated rings. The van der Waals surface area contributed by atoms with E-state index >= 15 is 0 Å². The maximum Gasteiger partial charge on any atom is 0.346 e. The standard InChI is InChI=1S/C16H8Cl2O5/c17-13(19)9-1-5-11(6-2-9)15(21)23-16(22)12-7-3-10(4-8-12)14(18)20/h1-8H. The molecule has 23 heavy (non-hydrogen) atoms. The molecule has 0 unspecified atom stereocenters. The van der Waals surface area contributed by atoms with E-state index in [9.17, 15) is 19.2 Å². The van der Waals surface area contributed by atoms with Crippen molar-refractivity contribution in [2.45, 2.75) is 0 Å². The molecule has 7 heteroatoms. The van der Waals surface area contributed by atoms with Crippen molar-refractivity contribution < 1.29 is 23.9 Å². The van der Waals surface area contributed by atoms with Crippen LogP contribution >= 0.6 is 23.2 Å². The molecule has 0 radical (unpaired) electrons. The highest BCUT2D eigenvalue weighted by Crippen LogP contribution is 2.12. The Morgan fingerprint density at radius 1 is 0.565 bits per heavy atom. The molecule has 0 bridgehead atoms. The van der Waals surface area contributed by atoms with Crippen molar-refractivity contribution in [3.63, 3.8) is 0 Å².